The molecule has 0 unspecified atom stereocenters. The van der Waals surface area contributed by atoms with Crippen LogP contribution in [0.4, 0.5) is 19.6 Å². The van der Waals surface area contributed by atoms with Gasteiger partial charge in [0.25, 0.3) is 0 Å². The summed E-state index contributed by atoms with van der Waals surface area (Å²) >= 11 is 1.23. The average Bonchev–Trinajstić information content (AvgIpc) is 3.15. The van der Waals surface area contributed by atoms with Crippen molar-refractivity contribution in [2.75, 3.05) is 5.32 Å². The van der Waals surface area contributed by atoms with Gasteiger partial charge in [0.2, 0.25) is 0 Å². The highest BCUT2D eigenvalue weighted by Gasteiger charge is 2.22. The Bertz CT molecular complexity index is 1160. The van der Waals surface area contributed by atoms with Crippen LogP contribution in [0.25, 0.3) is 21.7 Å². The first-order chi connectivity index (χ1) is 14.3. The summed E-state index contributed by atoms with van der Waals surface area (Å²) in [5.74, 6) is -0.766. The predicted octanol–water partition coefficient (Wildman–Crippen LogP) is 6.73. The highest BCUT2D eigenvalue weighted by atomic mass is 32.1. The van der Waals surface area contributed by atoms with Crippen molar-refractivity contribution in [3.8, 4) is 21.7 Å². The molecule has 2 N–H and O–H groups in total. The van der Waals surface area contributed by atoms with Gasteiger partial charge in [-0.3, -0.25) is 0 Å². The Balaban J connectivity index is 1.60. The van der Waals surface area contributed by atoms with Gasteiger partial charge < -0.3 is 10.4 Å². The standard InChI is InChI=1S/C24H20F2N2OS/c1-24(2,29)16-13-17(25)23(18(26)14-16)20-11-12-22(30-20)28-21-10-6-9-19(27-21)15-7-4-3-5-8-15/h3-14,29H,1-2H3,(H,27,28). The topological polar surface area (TPSA) is 45.1 Å². The summed E-state index contributed by atoms with van der Waals surface area (Å²) in [4.78, 5) is 5.07. The van der Waals surface area contributed by atoms with Gasteiger partial charge in [-0.15, -0.1) is 11.3 Å². The highest BCUT2D eigenvalue weighted by molar-refractivity contribution is 7.19. The molecule has 3 nitrogen and oxygen atoms in total. The summed E-state index contributed by atoms with van der Waals surface area (Å²) in [6.45, 7) is 2.98. The van der Waals surface area contributed by atoms with Crippen LogP contribution in [-0.2, 0) is 5.60 Å². The largest absolute Gasteiger partial charge is 0.386 e. The number of nitrogens with zero attached hydrogens (tertiary/aromatic N) is 1. The molecule has 2 aromatic carbocycles. The lowest BCUT2D eigenvalue weighted by Crippen LogP contribution is -2.16. The normalized spacial score (nSPS) is 11.5. The Kier molecular flexibility index (Phi) is 5.37. The lowest BCUT2D eigenvalue weighted by atomic mass is 9.96. The van der Waals surface area contributed by atoms with Crippen LogP contribution in [0, 0.1) is 11.6 Å². The van der Waals surface area contributed by atoms with Gasteiger partial charge in [-0.25, -0.2) is 13.8 Å². The molecule has 0 spiro atoms. The molecule has 0 atom stereocenters. The summed E-state index contributed by atoms with van der Waals surface area (Å²) in [7, 11) is 0. The van der Waals surface area contributed by atoms with E-state index < -0.39 is 17.2 Å². The Morgan fingerprint density at radius 1 is 0.900 bits per heavy atom. The third-order valence-electron chi connectivity index (χ3n) is 4.67. The molecular formula is C24H20F2N2OS. The monoisotopic (exact) mass is 422 g/mol. The SMILES string of the molecule is CC(C)(O)c1cc(F)c(-c2ccc(Nc3cccc(-c4ccccc4)n3)s2)c(F)c1. The van der Waals surface area contributed by atoms with Crippen molar-refractivity contribution >= 4 is 22.2 Å². The summed E-state index contributed by atoms with van der Waals surface area (Å²) in [6.07, 6.45) is 0. The molecule has 0 radical (unpaired) electrons. The van der Waals surface area contributed by atoms with E-state index >= 15 is 0 Å². The molecule has 0 fully saturated rings. The third kappa shape index (κ3) is 4.25. The van der Waals surface area contributed by atoms with E-state index in [4.69, 9.17) is 0 Å². The number of anilines is 2. The zero-order valence-corrected chi connectivity index (χ0v) is 17.3. The number of hydrogen-bond donors (Lipinski definition) is 2. The fourth-order valence-corrected chi connectivity index (χ4v) is 4.06. The van der Waals surface area contributed by atoms with E-state index in [1.807, 2.05) is 48.5 Å². The van der Waals surface area contributed by atoms with E-state index in [9.17, 15) is 13.9 Å². The number of benzene rings is 2. The Labute approximate surface area is 177 Å². The molecule has 0 saturated carbocycles. The molecule has 2 heterocycles. The predicted molar refractivity (Wildman–Crippen MR) is 118 cm³/mol. The minimum absolute atomic E-state index is 0.105. The Morgan fingerprint density at radius 2 is 1.60 bits per heavy atom. The van der Waals surface area contributed by atoms with Crippen molar-refractivity contribution in [2.45, 2.75) is 19.4 Å². The number of hydrogen-bond acceptors (Lipinski definition) is 4. The number of thiophene rings is 1. The summed E-state index contributed by atoms with van der Waals surface area (Å²) in [5, 5.41) is 13.9. The molecule has 0 saturated heterocycles. The van der Waals surface area contributed by atoms with E-state index in [-0.39, 0.29) is 11.1 Å². The third-order valence-corrected chi connectivity index (χ3v) is 5.69. The molecule has 6 heteroatoms. The lowest BCUT2D eigenvalue weighted by molar-refractivity contribution is 0.0779. The smallest absolute Gasteiger partial charge is 0.135 e. The quantitative estimate of drug-likeness (QED) is 0.375. The summed E-state index contributed by atoms with van der Waals surface area (Å²) in [5.41, 5.74) is 0.600. The molecule has 0 amide bonds. The van der Waals surface area contributed by atoms with E-state index in [0.717, 1.165) is 11.3 Å². The van der Waals surface area contributed by atoms with Crippen LogP contribution in [0.3, 0.4) is 0 Å². The van der Waals surface area contributed by atoms with Gasteiger partial charge in [0.1, 0.15) is 17.5 Å². The molecule has 4 rings (SSSR count). The number of aliphatic hydroxyl groups is 1. The molecule has 30 heavy (non-hydrogen) atoms. The van der Waals surface area contributed by atoms with E-state index in [1.54, 1.807) is 12.1 Å². The van der Waals surface area contributed by atoms with Gasteiger partial charge in [0.05, 0.1) is 21.9 Å². The molecule has 2 aromatic heterocycles. The van der Waals surface area contributed by atoms with Crippen molar-refractivity contribution in [1.82, 2.24) is 4.98 Å². The summed E-state index contributed by atoms with van der Waals surface area (Å²) < 4.78 is 29.3. The molecule has 0 aliphatic carbocycles. The first-order valence-corrected chi connectivity index (χ1v) is 10.2. The fraction of sp³-hybridized carbons (Fsp3) is 0.125. The number of rotatable bonds is 5. The molecule has 152 valence electrons. The zero-order valence-electron chi connectivity index (χ0n) is 16.5. The number of halogens is 2. The first kappa shape index (κ1) is 20.2. The zero-order chi connectivity index (χ0) is 21.3. The molecule has 0 aliphatic heterocycles. The van der Waals surface area contributed by atoms with Crippen LogP contribution in [0.5, 0.6) is 0 Å². The maximum atomic E-state index is 14.6. The van der Waals surface area contributed by atoms with Gasteiger partial charge in [-0.1, -0.05) is 36.4 Å². The lowest BCUT2D eigenvalue weighted by Gasteiger charge is -2.18. The van der Waals surface area contributed by atoms with Crippen LogP contribution in [-0.4, -0.2) is 10.1 Å². The van der Waals surface area contributed by atoms with Crippen molar-refractivity contribution in [3.05, 3.63) is 90.0 Å². The van der Waals surface area contributed by atoms with Crippen LogP contribution in [0.1, 0.15) is 19.4 Å². The summed E-state index contributed by atoms with van der Waals surface area (Å²) in [6, 6.07) is 21.3. The van der Waals surface area contributed by atoms with Gasteiger partial charge in [0.15, 0.2) is 0 Å². The first-order valence-electron chi connectivity index (χ1n) is 9.43. The second-order valence-corrected chi connectivity index (χ2v) is 8.52. The van der Waals surface area contributed by atoms with Crippen molar-refractivity contribution < 1.29 is 13.9 Å². The Hall–Kier alpha value is -3.09. The second-order valence-electron chi connectivity index (χ2n) is 7.44. The average molecular weight is 423 g/mol. The minimum Gasteiger partial charge on any atom is -0.386 e. The van der Waals surface area contributed by atoms with Crippen molar-refractivity contribution in [2.24, 2.45) is 0 Å². The van der Waals surface area contributed by atoms with Crippen LogP contribution in [0.15, 0.2) is 72.8 Å². The molecular weight excluding hydrogens is 402 g/mol. The van der Waals surface area contributed by atoms with E-state index in [2.05, 4.69) is 10.3 Å². The van der Waals surface area contributed by atoms with Crippen LogP contribution in [0.2, 0.25) is 0 Å². The Morgan fingerprint density at radius 3 is 2.27 bits per heavy atom. The maximum absolute atomic E-state index is 14.6. The molecule has 4 aromatic rings. The number of nitrogens with one attached hydrogen (secondary N) is 1. The van der Waals surface area contributed by atoms with Crippen molar-refractivity contribution in [1.29, 1.82) is 0 Å². The maximum Gasteiger partial charge on any atom is 0.135 e. The van der Waals surface area contributed by atoms with Gasteiger partial charge >= 0.3 is 0 Å². The number of aromatic nitrogens is 1. The van der Waals surface area contributed by atoms with E-state index in [1.165, 1.54) is 37.3 Å². The second kappa shape index (κ2) is 7.97. The molecule has 0 bridgehead atoms. The van der Waals surface area contributed by atoms with Crippen LogP contribution >= 0.6 is 11.3 Å². The fourth-order valence-electron chi connectivity index (χ4n) is 3.10. The van der Waals surface area contributed by atoms with Crippen molar-refractivity contribution in [3.63, 3.8) is 0 Å². The van der Waals surface area contributed by atoms with Gasteiger partial charge in [-0.2, -0.15) is 0 Å². The van der Waals surface area contributed by atoms with E-state index in [0.29, 0.717) is 15.7 Å². The van der Waals surface area contributed by atoms with Crippen LogP contribution < -0.4 is 5.32 Å². The minimum atomic E-state index is -1.32. The van der Waals surface area contributed by atoms with Gasteiger partial charge in [0, 0.05) is 10.4 Å². The highest BCUT2D eigenvalue weighted by Crippen LogP contribution is 2.37. The number of pyridine rings is 1. The molecule has 0 aliphatic rings. The van der Waals surface area contributed by atoms with Gasteiger partial charge in [-0.05, 0) is 55.8 Å².